The van der Waals surface area contributed by atoms with Crippen molar-refractivity contribution in [2.75, 3.05) is 12.4 Å². The van der Waals surface area contributed by atoms with Gasteiger partial charge < -0.3 is 10.6 Å². The van der Waals surface area contributed by atoms with Crippen molar-refractivity contribution in [2.24, 2.45) is 0 Å². The highest BCUT2D eigenvalue weighted by molar-refractivity contribution is 5.88. The molecule has 1 aromatic carbocycles. The van der Waals surface area contributed by atoms with Gasteiger partial charge in [-0.15, -0.1) is 0 Å². The second-order valence-corrected chi connectivity index (χ2v) is 4.11. The van der Waals surface area contributed by atoms with Crippen molar-refractivity contribution in [1.29, 1.82) is 0 Å². The number of amides is 1. The van der Waals surface area contributed by atoms with Crippen LogP contribution in [0.1, 0.15) is 25.8 Å². The minimum Gasteiger partial charge on any atom is -0.326 e. The molecule has 88 valence electrons. The van der Waals surface area contributed by atoms with Crippen LogP contribution in [0.2, 0.25) is 0 Å². The number of benzene rings is 1. The number of carbonyl (C=O) groups is 1. The van der Waals surface area contributed by atoms with Crippen molar-refractivity contribution in [2.45, 2.75) is 32.7 Å². The highest BCUT2D eigenvalue weighted by Crippen LogP contribution is 2.11. The highest BCUT2D eigenvalue weighted by atomic mass is 16.1. The zero-order valence-electron chi connectivity index (χ0n) is 10.2. The molecule has 3 heteroatoms. The van der Waals surface area contributed by atoms with E-state index in [0.717, 1.165) is 18.5 Å². The van der Waals surface area contributed by atoms with Crippen molar-refractivity contribution in [3.8, 4) is 0 Å². The molecule has 0 aliphatic carbocycles. The smallest absolute Gasteiger partial charge is 0.221 e. The van der Waals surface area contributed by atoms with Crippen LogP contribution in [0.3, 0.4) is 0 Å². The van der Waals surface area contributed by atoms with Crippen molar-refractivity contribution >= 4 is 11.6 Å². The monoisotopic (exact) mass is 220 g/mol. The van der Waals surface area contributed by atoms with E-state index in [2.05, 4.69) is 29.7 Å². The average molecular weight is 220 g/mol. The fraction of sp³-hybridized carbons (Fsp3) is 0.462. The molecule has 0 aromatic heterocycles. The number of nitrogens with one attached hydrogen (secondary N) is 2. The Morgan fingerprint density at radius 3 is 2.44 bits per heavy atom. The molecule has 2 N–H and O–H groups in total. The maximum absolute atomic E-state index is 10.8. The van der Waals surface area contributed by atoms with Crippen molar-refractivity contribution in [1.82, 2.24) is 5.32 Å². The third kappa shape index (κ3) is 4.45. The van der Waals surface area contributed by atoms with E-state index in [1.807, 2.05) is 19.2 Å². The number of aryl methyl sites for hydroxylation is 1. The molecule has 16 heavy (non-hydrogen) atoms. The molecule has 1 unspecified atom stereocenters. The number of anilines is 1. The molecule has 0 heterocycles. The Hall–Kier alpha value is -1.35. The van der Waals surface area contributed by atoms with Gasteiger partial charge in [-0.05, 0) is 44.5 Å². The Balaban J connectivity index is 2.48. The van der Waals surface area contributed by atoms with Crippen LogP contribution in [-0.4, -0.2) is 19.0 Å². The zero-order chi connectivity index (χ0) is 12.0. The van der Waals surface area contributed by atoms with Gasteiger partial charge in [0.25, 0.3) is 0 Å². The molecule has 0 fully saturated rings. The van der Waals surface area contributed by atoms with Crippen LogP contribution in [0.4, 0.5) is 5.69 Å². The zero-order valence-corrected chi connectivity index (χ0v) is 10.2. The number of hydrogen-bond donors (Lipinski definition) is 2. The van der Waals surface area contributed by atoms with Crippen LogP contribution in [0.15, 0.2) is 24.3 Å². The summed E-state index contributed by atoms with van der Waals surface area (Å²) in [5.41, 5.74) is 2.16. The SMILES string of the molecule is CNC(C)CCc1ccc(NC(C)=O)cc1. The predicted molar refractivity (Wildman–Crippen MR) is 67.6 cm³/mol. The second kappa shape index (κ2) is 6.28. The summed E-state index contributed by atoms with van der Waals surface area (Å²) in [6.45, 7) is 3.69. The normalized spacial score (nSPS) is 12.2. The maximum atomic E-state index is 10.8. The van der Waals surface area contributed by atoms with Gasteiger partial charge in [-0.2, -0.15) is 0 Å². The van der Waals surface area contributed by atoms with Gasteiger partial charge in [0.05, 0.1) is 0 Å². The summed E-state index contributed by atoms with van der Waals surface area (Å²) in [6.07, 6.45) is 2.18. The third-order valence-corrected chi connectivity index (χ3v) is 2.63. The Labute approximate surface area is 97.2 Å². The lowest BCUT2D eigenvalue weighted by Crippen LogP contribution is -2.21. The number of hydrogen-bond acceptors (Lipinski definition) is 2. The first-order valence-corrected chi connectivity index (χ1v) is 5.65. The van der Waals surface area contributed by atoms with Gasteiger partial charge in [0.15, 0.2) is 0 Å². The van der Waals surface area contributed by atoms with E-state index in [1.54, 1.807) is 0 Å². The van der Waals surface area contributed by atoms with Crippen molar-refractivity contribution in [3.05, 3.63) is 29.8 Å². The molecule has 3 nitrogen and oxygen atoms in total. The Morgan fingerprint density at radius 2 is 1.94 bits per heavy atom. The van der Waals surface area contributed by atoms with Gasteiger partial charge >= 0.3 is 0 Å². The first-order valence-electron chi connectivity index (χ1n) is 5.65. The van der Waals surface area contributed by atoms with E-state index in [9.17, 15) is 4.79 Å². The first-order chi connectivity index (χ1) is 7.61. The minimum absolute atomic E-state index is 0.0310. The van der Waals surface area contributed by atoms with Crippen molar-refractivity contribution in [3.63, 3.8) is 0 Å². The quantitative estimate of drug-likeness (QED) is 0.798. The Bertz CT molecular complexity index is 332. The minimum atomic E-state index is -0.0310. The van der Waals surface area contributed by atoms with E-state index in [4.69, 9.17) is 0 Å². The average Bonchev–Trinajstić information content (AvgIpc) is 2.27. The molecular weight excluding hydrogens is 200 g/mol. The summed E-state index contributed by atoms with van der Waals surface area (Å²) in [7, 11) is 1.98. The predicted octanol–water partition coefficient (Wildman–Crippen LogP) is 2.19. The van der Waals surface area contributed by atoms with E-state index in [0.29, 0.717) is 6.04 Å². The molecule has 0 saturated carbocycles. The molecule has 0 bridgehead atoms. The van der Waals surface area contributed by atoms with Gasteiger partial charge in [0, 0.05) is 18.7 Å². The van der Waals surface area contributed by atoms with Crippen LogP contribution >= 0.6 is 0 Å². The lowest BCUT2D eigenvalue weighted by molar-refractivity contribution is -0.114. The van der Waals surface area contributed by atoms with Crippen LogP contribution in [0, 0.1) is 0 Å². The van der Waals surface area contributed by atoms with E-state index in [1.165, 1.54) is 12.5 Å². The topological polar surface area (TPSA) is 41.1 Å². The molecule has 1 rings (SSSR count). The summed E-state index contributed by atoms with van der Waals surface area (Å²) >= 11 is 0. The fourth-order valence-corrected chi connectivity index (χ4v) is 1.49. The fourth-order valence-electron chi connectivity index (χ4n) is 1.49. The molecule has 1 aromatic rings. The molecule has 0 spiro atoms. The maximum Gasteiger partial charge on any atom is 0.221 e. The van der Waals surface area contributed by atoms with Crippen LogP contribution < -0.4 is 10.6 Å². The lowest BCUT2D eigenvalue weighted by atomic mass is 10.1. The molecule has 1 amide bonds. The summed E-state index contributed by atoms with van der Waals surface area (Å²) < 4.78 is 0. The van der Waals surface area contributed by atoms with E-state index >= 15 is 0 Å². The van der Waals surface area contributed by atoms with Crippen molar-refractivity contribution < 1.29 is 4.79 Å². The van der Waals surface area contributed by atoms with Gasteiger partial charge in [0.2, 0.25) is 5.91 Å². The molecule has 0 saturated heterocycles. The van der Waals surface area contributed by atoms with E-state index < -0.39 is 0 Å². The Morgan fingerprint density at radius 1 is 1.31 bits per heavy atom. The van der Waals surface area contributed by atoms with Crippen LogP contribution in [0.5, 0.6) is 0 Å². The molecule has 1 atom stereocenters. The van der Waals surface area contributed by atoms with Crippen LogP contribution in [-0.2, 0) is 11.2 Å². The summed E-state index contributed by atoms with van der Waals surface area (Å²) in [6, 6.07) is 8.55. The summed E-state index contributed by atoms with van der Waals surface area (Å²) in [4.78, 5) is 10.8. The summed E-state index contributed by atoms with van der Waals surface area (Å²) in [5.74, 6) is -0.0310. The van der Waals surface area contributed by atoms with Gasteiger partial charge in [-0.1, -0.05) is 12.1 Å². The molecule has 0 aliphatic heterocycles. The van der Waals surface area contributed by atoms with Gasteiger partial charge in [-0.25, -0.2) is 0 Å². The van der Waals surface area contributed by atoms with E-state index in [-0.39, 0.29) is 5.91 Å². The highest BCUT2D eigenvalue weighted by Gasteiger charge is 2.00. The molecular formula is C13H20N2O. The molecule has 0 aliphatic rings. The first kappa shape index (κ1) is 12.7. The largest absolute Gasteiger partial charge is 0.326 e. The lowest BCUT2D eigenvalue weighted by Gasteiger charge is -2.10. The number of rotatable bonds is 5. The Kier molecular flexibility index (Phi) is 4.99. The third-order valence-electron chi connectivity index (χ3n) is 2.63. The standard InChI is InChI=1S/C13H20N2O/c1-10(14-3)4-5-12-6-8-13(9-7-12)15-11(2)16/h6-10,14H,4-5H2,1-3H3,(H,15,16). The van der Waals surface area contributed by atoms with Gasteiger partial charge in [-0.3, -0.25) is 4.79 Å². The molecule has 0 radical (unpaired) electrons. The van der Waals surface area contributed by atoms with Gasteiger partial charge in [0.1, 0.15) is 0 Å². The second-order valence-electron chi connectivity index (χ2n) is 4.11. The summed E-state index contributed by atoms with van der Waals surface area (Å²) in [5, 5.41) is 5.97. The number of carbonyl (C=O) groups excluding carboxylic acids is 1. The van der Waals surface area contributed by atoms with Crippen LogP contribution in [0.25, 0.3) is 0 Å².